The molecule has 19 nitrogen and oxygen atoms in total. The Kier molecular flexibility index (Phi) is 18.7. The smallest absolute Gasteiger partial charge is 0.326 e. The minimum Gasteiger partial charge on any atom is -0.481 e. The van der Waals surface area contributed by atoms with Gasteiger partial charge in [0.15, 0.2) is 0 Å². The molecule has 46 heavy (non-hydrogen) atoms. The number of rotatable bonds is 22. The molecule has 0 aliphatic rings. The second-order valence-electron chi connectivity index (χ2n) is 11.0. The summed E-state index contributed by atoms with van der Waals surface area (Å²) in [5.74, 6) is -9.52. The second-order valence-corrected chi connectivity index (χ2v) is 11.0. The van der Waals surface area contributed by atoms with E-state index in [2.05, 4.69) is 26.6 Å². The first-order valence-corrected chi connectivity index (χ1v) is 14.6. The Morgan fingerprint density at radius 1 is 0.630 bits per heavy atom. The molecule has 0 aliphatic heterocycles. The Morgan fingerprint density at radius 2 is 1.11 bits per heavy atom. The maximum atomic E-state index is 13.3. The lowest BCUT2D eigenvalue weighted by atomic mass is 9.96. The summed E-state index contributed by atoms with van der Waals surface area (Å²) < 4.78 is 0. The fraction of sp³-hybridized carbons (Fsp3) is 0.704. The molecule has 0 spiro atoms. The third kappa shape index (κ3) is 14.6. The van der Waals surface area contributed by atoms with E-state index in [0.717, 1.165) is 0 Å². The number of primary amides is 1. The third-order valence-electron chi connectivity index (χ3n) is 6.96. The molecule has 0 rings (SSSR count). The van der Waals surface area contributed by atoms with Crippen molar-refractivity contribution in [3.8, 4) is 0 Å². The molecule has 0 aromatic carbocycles. The lowest BCUT2D eigenvalue weighted by Crippen LogP contribution is -2.61. The summed E-state index contributed by atoms with van der Waals surface area (Å²) in [5, 5.41) is 49.0. The lowest BCUT2D eigenvalue weighted by molar-refractivity contribution is -0.143. The summed E-state index contributed by atoms with van der Waals surface area (Å²) in [5.41, 5.74) is 10.5. The molecule has 0 heterocycles. The number of hydrogen-bond donors (Lipinski definition) is 11. The first-order valence-electron chi connectivity index (χ1n) is 14.6. The fourth-order valence-corrected chi connectivity index (χ4v) is 3.90. The van der Waals surface area contributed by atoms with Crippen molar-refractivity contribution >= 4 is 47.4 Å². The van der Waals surface area contributed by atoms with Crippen LogP contribution < -0.4 is 38.1 Å². The Hall–Kier alpha value is -4.36. The zero-order valence-electron chi connectivity index (χ0n) is 26.3. The number of aliphatic carboxylic acids is 2. The number of carboxylic acids is 2. The first kappa shape index (κ1) is 41.6. The highest BCUT2D eigenvalue weighted by Crippen LogP contribution is 2.11. The van der Waals surface area contributed by atoms with Gasteiger partial charge in [-0.1, -0.05) is 34.1 Å². The SMILES string of the molecule is CC[C@H](C)[C@H](NC(=O)[C@H](CCC(=O)O)NC(=O)[C@H](CO)NC(=O)[C@@H](NC(=O)[C@@H](N)CO)C(C)C)C(=O)N[C@@H](CCC(N)=O)C(=O)O. The van der Waals surface area contributed by atoms with Crippen LogP contribution in [0.15, 0.2) is 0 Å². The molecule has 0 aromatic rings. The number of amides is 6. The van der Waals surface area contributed by atoms with E-state index in [1.165, 1.54) is 0 Å². The predicted octanol–water partition coefficient (Wildman–Crippen LogP) is -4.36. The van der Waals surface area contributed by atoms with E-state index in [1.807, 2.05) is 0 Å². The number of nitrogens with two attached hydrogens (primary N) is 2. The van der Waals surface area contributed by atoms with Crippen molar-refractivity contribution in [1.29, 1.82) is 0 Å². The molecule has 0 saturated heterocycles. The van der Waals surface area contributed by atoms with Crippen LogP contribution in [0, 0.1) is 11.8 Å². The van der Waals surface area contributed by atoms with Crippen LogP contribution in [-0.4, -0.2) is 117 Å². The van der Waals surface area contributed by atoms with E-state index >= 15 is 0 Å². The standard InChI is InChI=1S/C27H47N7O12/c1-5-13(4)21(26(44)31-16(27(45)46)6-8-18(29)37)34-23(41)15(7-9-19(38)39)30-24(42)17(11-36)32-25(43)20(12(2)3)33-22(40)14(28)10-35/h12-17,20-21,35-36H,5-11,28H2,1-4H3,(H2,29,37)(H,30,42)(H,31,44)(H,32,43)(H,33,40)(H,34,41)(H,38,39)(H,45,46)/t13-,14-,15-,16-,17-,20-,21-/m0/s1. The summed E-state index contributed by atoms with van der Waals surface area (Å²) in [6.07, 6.45) is -1.44. The molecule has 7 atom stereocenters. The number of aliphatic hydroxyl groups excluding tert-OH is 2. The third-order valence-corrected chi connectivity index (χ3v) is 6.96. The Bertz CT molecular complexity index is 1100. The zero-order chi connectivity index (χ0) is 35.7. The van der Waals surface area contributed by atoms with E-state index in [0.29, 0.717) is 6.42 Å². The molecule has 6 amide bonds. The number of nitrogens with one attached hydrogen (secondary N) is 5. The van der Waals surface area contributed by atoms with E-state index < -0.39 is 122 Å². The van der Waals surface area contributed by atoms with Crippen molar-refractivity contribution in [2.24, 2.45) is 23.3 Å². The summed E-state index contributed by atoms with van der Waals surface area (Å²) in [4.78, 5) is 98.4. The molecule has 0 aliphatic carbocycles. The van der Waals surface area contributed by atoms with Crippen LogP contribution in [0.2, 0.25) is 0 Å². The van der Waals surface area contributed by atoms with Crippen molar-refractivity contribution in [1.82, 2.24) is 26.6 Å². The van der Waals surface area contributed by atoms with Gasteiger partial charge < -0.3 is 58.5 Å². The van der Waals surface area contributed by atoms with Gasteiger partial charge in [0.2, 0.25) is 35.4 Å². The van der Waals surface area contributed by atoms with Crippen LogP contribution in [0.1, 0.15) is 59.8 Å². The van der Waals surface area contributed by atoms with Gasteiger partial charge in [0.1, 0.15) is 36.3 Å². The van der Waals surface area contributed by atoms with Crippen LogP contribution in [0.3, 0.4) is 0 Å². The number of aliphatic hydroxyl groups is 2. The molecule has 13 N–H and O–H groups in total. The predicted molar refractivity (Wildman–Crippen MR) is 159 cm³/mol. The van der Waals surface area contributed by atoms with Crippen molar-refractivity contribution in [3.63, 3.8) is 0 Å². The zero-order valence-corrected chi connectivity index (χ0v) is 26.3. The van der Waals surface area contributed by atoms with Crippen LogP contribution in [0.5, 0.6) is 0 Å². The second kappa shape index (κ2) is 20.6. The molecule has 0 unspecified atom stereocenters. The Labute approximate surface area is 265 Å². The minimum absolute atomic E-state index is 0.318. The highest BCUT2D eigenvalue weighted by atomic mass is 16.4. The molecule has 0 bridgehead atoms. The topological polar surface area (TPSA) is 330 Å². The molecule has 0 radical (unpaired) electrons. The number of carboxylic acid groups (broad SMARTS) is 2. The average Bonchev–Trinajstić information content (AvgIpc) is 2.99. The van der Waals surface area contributed by atoms with Gasteiger partial charge >= 0.3 is 11.9 Å². The van der Waals surface area contributed by atoms with E-state index in [1.54, 1.807) is 27.7 Å². The highest BCUT2D eigenvalue weighted by molar-refractivity contribution is 5.96. The maximum Gasteiger partial charge on any atom is 0.326 e. The van der Waals surface area contributed by atoms with Gasteiger partial charge in [0.05, 0.1) is 13.2 Å². The Morgan fingerprint density at radius 3 is 1.57 bits per heavy atom. The van der Waals surface area contributed by atoms with Crippen molar-refractivity contribution in [2.75, 3.05) is 13.2 Å². The van der Waals surface area contributed by atoms with E-state index in [4.69, 9.17) is 16.6 Å². The number of carbonyl (C=O) groups is 8. The van der Waals surface area contributed by atoms with Gasteiger partial charge in [-0.25, -0.2) is 4.79 Å². The van der Waals surface area contributed by atoms with Crippen LogP contribution in [0.25, 0.3) is 0 Å². The fourth-order valence-electron chi connectivity index (χ4n) is 3.90. The quantitative estimate of drug-likeness (QED) is 0.0523. The van der Waals surface area contributed by atoms with Gasteiger partial charge in [-0.2, -0.15) is 0 Å². The summed E-state index contributed by atoms with van der Waals surface area (Å²) in [7, 11) is 0. The van der Waals surface area contributed by atoms with Crippen LogP contribution in [0.4, 0.5) is 0 Å². The normalized spacial score (nSPS) is 15.6. The maximum absolute atomic E-state index is 13.3. The molecular formula is C27H47N7O12. The van der Waals surface area contributed by atoms with E-state index in [-0.39, 0.29) is 12.8 Å². The molecule has 262 valence electrons. The highest BCUT2D eigenvalue weighted by Gasteiger charge is 2.35. The molecular weight excluding hydrogens is 614 g/mol. The minimum atomic E-state index is -1.67. The molecule has 0 aromatic heterocycles. The van der Waals surface area contributed by atoms with Gasteiger partial charge in [0.25, 0.3) is 0 Å². The van der Waals surface area contributed by atoms with Gasteiger partial charge in [0, 0.05) is 12.8 Å². The van der Waals surface area contributed by atoms with Crippen molar-refractivity contribution in [3.05, 3.63) is 0 Å². The first-order chi connectivity index (χ1) is 21.4. The summed E-state index contributed by atoms with van der Waals surface area (Å²) in [6.45, 7) is 4.71. The van der Waals surface area contributed by atoms with Crippen molar-refractivity contribution in [2.45, 2.75) is 96.1 Å². The van der Waals surface area contributed by atoms with Gasteiger partial charge in [-0.05, 0) is 24.7 Å². The van der Waals surface area contributed by atoms with Gasteiger partial charge in [-0.15, -0.1) is 0 Å². The van der Waals surface area contributed by atoms with E-state index in [9.17, 15) is 53.7 Å². The Balaban J connectivity index is 5.96. The summed E-state index contributed by atoms with van der Waals surface area (Å²) in [6, 6.07) is -8.71. The number of hydrogen-bond acceptors (Lipinski definition) is 11. The van der Waals surface area contributed by atoms with Crippen molar-refractivity contribution < 1.29 is 58.8 Å². The van der Waals surface area contributed by atoms with Crippen LogP contribution >= 0.6 is 0 Å². The molecule has 19 heteroatoms. The average molecular weight is 662 g/mol. The molecule has 0 fully saturated rings. The largest absolute Gasteiger partial charge is 0.481 e. The van der Waals surface area contributed by atoms with Crippen LogP contribution in [-0.2, 0) is 38.4 Å². The van der Waals surface area contributed by atoms with Gasteiger partial charge in [-0.3, -0.25) is 33.6 Å². The molecule has 0 saturated carbocycles. The summed E-state index contributed by atoms with van der Waals surface area (Å²) >= 11 is 0. The monoisotopic (exact) mass is 661 g/mol. The number of carbonyl (C=O) groups excluding carboxylic acids is 6. The lowest BCUT2D eigenvalue weighted by Gasteiger charge is -2.29.